The Hall–Kier alpha value is -3.80. The molecule has 0 saturated carbocycles. The number of nitrogens with zero attached hydrogens (tertiary/aromatic N) is 1. The standard InChI is InChI=1S/C27H28N2O4/c30-26(20-32-22-11-3-1-4-12-22)29(25-16-7-8-17-28-27(25)31)19-21-10-9-15-24(18-21)33-23-13-5-2-6-14-23/h1-6,9-15,18,25H,7-8,16-17,19-20H2,(H,28,31). The van der Waals surface area contributed by atoms with Gasteiger partial charge < -0.3 is 19.7 Å². The molecule has 1 heterocycles. The molecule has 2 amide bonds. The van der Waals surface area contributed by atoms with Gasteiger partial charge in [-0.15, -0.1) is 0 Å². The maximum absolute atomic E-state index is 13.2. The Bertz CT molecular complexity index is 1060. The van der Waals surface area contributed by atoms with Crippen LogP contribution in [0.4, 0.5) is 0 Å². The lowest BCUT2D eigenvalue weighted by molar-refractivity contribution is -0.142. The van der Waals surface area contributed by atoms with Gasteiger partial charge in [-0.3, -0.25) is 9.59 Å². The minimum atomic E-state index is -0.530. The van der Waals surface area contributed by atoms with Crippen molar-refractivity contribution in [3.8, 4) is 17.2 Å². The minimum Gasteiger partial charge on any atom is -0.484 e. The van der Waals surface area contributed by atoms with Gasteiger partial charge in [0, 0.05) is 13.1 Å². The van der Waals surface area contributed by atoms with Crippen molar-refractivity contribution in [1.29, 1.82) is 0 Å². The molecule has 1 aliphatic rings. The highest BCUT2D eigenvalue weighted by Gasteiger charge is 2.31. The molecular weight excluding hydrogens is 416 g/mol. The summed E-state index contributed by atoms with van der Waals surface area (Å²) in [6, 6.07) is 25.8. The van der Waals surface area contributed by atoms with E-state index >= 15 is 0 Å². The number of rotatable bonds is 8. The molecule has 1 atom stereocenters. The summed E-state index contributed by atoms with van der Waals surface area (Å²) in [7, 11) is 0. The van der Waals surface area contributed by atoms with Gasteiger partial charge in [0.05, 0.1) is 0 Å². The number of ether oxygens (including phenoxy) is 2. The Kier molecular flexibility index (Phi) is 7.59. The number of benzene rings is 3. The molecular formula is C27H28N2O4. The molecule has 6 heteroatoms. The van der Waals surface area contributed by atoms with Crippen molar-refractivity contribution in [2.45, 2.75) is 31.8 Å². The summed E-state index contributed by atoms with van der Waals surface area (Å²) in [6.07, 6.45) is 2.41. The van der Waals surface area contributed by atoms with Gasteiger partial charge in [0.1, 0.15) is 23.3 Å². The van der Waals surface area contributed by atoms with Gasteiger partial charge in [-0.25, -0.2) is 0 Å². The van der Waals surface area contributed by atoms with Gasteiger partial charge in [-0.1, -0.05) is 48.5 Å². The molecule has 6 nitrogen and oxygen atoms in total. The molecule has 0 spiro atoms. The third-order valence-electron chi connectivity index (χ3n) is 5.54. The first-order valence-electron chi connectivity index (χ1n) is 11.3. The molecule has 1 saturated heterocycles. The van der Waals surface area contributed by atoms with Gasteiger partial charge in [0.15, 0.2) is 6.61 Å². The first-order valence-corrected chi connectivity index (χ1v) is 11.3. The van der Waals surface area contributed by atoms with Crippen molar-refractivity contribution in [3.05, 3.63) is 90.5 Å². The highest BCUT2D eigenvalue weighted by atomic mass is 16.5. The van der Waals surface area contributed by atoms with Crippen molar-refractivity contribution in [3.63, 3.8) is 0 Å². The van der Waals surface area contributed by atoms with Crippen molar-refractivity contribution in [1.82, 2.24) is 10.2 Å². The average molecular weight is 445 g/mol. The van der Waals surface area contributed by atoms with E-state index in [1.165, 1.54) is 0 Å². The zero-order valence-electron chi connectivity index (χ0n) is 18.5. The topological polar surface area (TPSA) is 67.9 Å². The fourth-order valence-corrected chi connectivity index (χ4v) is 3.87. The van der Waals surface area contributed by atoms with Crippen LogP contribution in [0.3, 0.4) is 0 Å². The van der Waals surface area contributed by atoms with Crippen LogP contribution in [0.1, 0.15) is 24.8 Å². The molecule has 33 heavy (non-hydrogen) atoms. The average Bonchev–Trinajstić information content (AvgIpc) is 3.07. The number of hydrogen-bond acceptors (Lipinski definition) is 4. The van der Waals surface area contributed by atoms with Gasteiger partial charge >= 0.3 is 0 Å². The van der Waals surface area contributed by atoms with Crippen molar-refractivity contribution in [2.75, 3.05) is 13.2 Å². The van der Waals surface area contributed by atoms with Crippen LogP contribution in [0, 0.1) is 0 Å². The molecule has 1 unspecified atom stereocenters. The number of carbonyl (C=O) groups is 2. The Morgan fingerprint density at radius 2 is 1.58 bits per heavy atom. The molecule has 0 radical (unpaired) electrons. The molecule has 0 bridgehead atoms. The molecule has 1 aliphatic heterocycles. The molecule has 170 valence electrons. The van der Waals surface area contributed by atoms with E-state index in [2.05, 4.69) is 5.32 Å². The molecule has 0 aromatic heterocycles. The summed E-state index contributed by atoms with van der Waals surface area (Å²) < 4.78 is 11.6. The fraction of sp³-hybridized carbons (Fsp3) is 0.259. The smallest absolute Gasteiger partial charge is 0.261 e. The lowest BCUT2D eigenvalue weighted by atomic mass is 10.1. The van der Waals surface area contributed by atoms with Crippen LogP contribution in [0.5, 0.6) is 17.2 Å². The van der Waals surface area contributed by atoms with Gasteiger partial charge in [0.25, 0.3) is 5.91 Å². The molecule has 0 aliphatic carbocycles. The monoisotopic (exact) mass is 444 g/mol. The zero-order chi connectivity index (χ0) is 22.9. The number of para-hydroxylation sites is 2. The van der Waals surface area contributed by atoms with Crippen molar-refractivity contribution >= 4 is 11.8 Å². The van der Waals surface area contributed by atoms with Crippen LogP contribution >= 0.6 is 0 Å². The zero-order valence-corrected chi connectivity index (χ0v) is 18.5. The Balaban J connectivity index is 1.52. The SMILES string of the molecule is O=C1NCCCCC1N(Cc1cccc(Oc2ccccc2)c1)C(=O)COc1ccccc1. The lowest BCUT2D eigenvalue weighted by Crippen LogP contribution is -2.49. The molecule has 1 fully saturated rings. The highest BCUT2D eigenvalue weighted by molar-refractivity contribution is 5.88. The quantitative estimate of drug-likeness (QED) is 0.553. The van der Waals surface area contributed by atoms with E-state index in [1.54, 1.807) is 17.0 Å². The number of carbonyl (C=O) groups excluding carboxylic acids is 2. The predicted molar refractivity (Wildman–Crippen MR) is 126 cm³/mol. The van der Waals surface area contributed by atoms with E-state index in [0.717, 1.165) is 24.2 Å². The Morgan fingerprint density at radius 1 is 0.879 bits per heavy atom. The van der Waals surface area contributed by atoms with E-state index in [4.69, 9.17) is 9.47 Å². The van der Waals surface area contributed by atoms with E-state index in [1.807, 2.05) is 72.8 Å². The summed E-state index contributed by atoms with van der Waals surface area (Å²) >= 11 is 0. The van der Waals surface area contributed by atoms with E-state index in [-0.39, 0.29) is 18.4 Å². The second-order valence-electron chi connectivity index (χ2n) is 7.99. The molecule has 3 aromatic carbocycles. The predicted octanol–water partition coefficient (Wildman–Crippen LogP) is 4.56. The number of amides is 2. The van der Waals surface area contributed by atoms with Crippen LogP contribution in [0.2, 0.25) is 0 Å². The van der Waals surface area contributed by atoms with Crippen LogP contribution in [0.15, 0.2) is 84.9 Å². The van der Waals surface area contributed by atoms with Crippen molar-refractivity contribution in [2.24, 2.45) is 0 Å². The van der Waals surface area contributed by atoms with Crippen molar-refractivity contribution < 1.29 is 19.1 Å². The third kappa shape index (κ3) is 6.35. The van der Waals surface area contributed by atoms with Crippen LogP contribution in [-0.2, 0) is 16.1 Å². The van der Waals surface area contributed by atoms with Gasteiger partial charge in [0.2, 0.25) is 5.91 Å². The highest BCUT2D eigenvalue weighted by Crippen LogP contribution is 2.24. The van der Waals surface area contributed by atoms with E-state index in [9.17, 15) is 9.59 Å². The summed E-state index contributed by atoms with van der Waals surface area (Å²) in [6.45, 7) is 0.799. The van der Waals surface area contributed by atoms with E-state index in [0.29, 0.717) is 31.0 Å². The van der Waals surface area contributed by atoms with Gasteiger partial charge in [-0.05, 0) is 61.2 Å². The Labute approximate surface area is 194 Å². The Morgan fingerprint density at radius 3 is 2.33 bits per heavy atom. The van der Waals surface area contributed by atoms with Crippen LogP contribution in [-0.4, -0.2) is 35.9 Å². The lowest BCUT2D eigenvalue weighted by Gasteiger charge is -2.30. The van der Waals surface area contributed by atoms with E-state index < -0.39 is 6.04 Å². The first-order chi connectivity index (χ1) is 16.2. The summed E-state index contributed by atoms with van der Waals surface area (Å²) in [5, 5.41) is 2.94. The summed E-state index contributed by atoms with van der Waals surface area (Å²) in [4.78, 5) is 27.6. The number of nitrogens with one attached hydrogen (secondary N) is 1. The second-order valence-corrected chi connectivity index (χ2v) is 7.99. The largest absolute Gasteiger partial charge is 0.484 e. The first kappa shape index (κ1) is 22.4. The number of hydrogen-bond donors (Lipinski definition) is 1. The maximum atomic E-state index is 13.2. The van der Waals surface area contributed by atoms with Gasteiger partial charge in [-0.2, -0.15) is 0 Å². The summed E-state index contributed by atoms with van der Waals surface area (Å²) in [5.41, 5.74) is 0.883. The molecule has 3 aromatic rings. The second kappa shape index (κ2) is 11.2. The maximum Gasteiger partial charge on any atom is 0.261 e. The summed E-state index contributed by atoms with van der Waals surface area (Å²) in [5.74, 6) is 1.70. The third-order valence-corrected chi connectivity index (χ3v) is 5.54. The van der Waals surface area contributed by atoms with Crippen LogP contribution in [0.25, 0.3) is 0 Å². The molecule has 4 rings (SSSR count). The fourth-order valence-electron chi connectivity index (χ4n) is 3.87. The minimum absolute atomic E-state index is 0.114. The normalized spacial score (nSPS) is 15.8. The molecule has 1 N–H and O–H groups in total. The van der Waals surface area contributed by atoms with Crippen LogP contribution < -0.4 is 14.8 Å².